The van der Waals surface area contributed by atoms with E-state index in [4.69, 9.17) is 0 Å². The lowest BCUT2D eigenvalue weighted by Crippen LogP contribution is -2.37. The molecule has 1 aromatic rings. The number of likely N-dealkylation sites (tertiary alicyclic amines) is 1. The number of hydrogen-bond acceptors (Lipinski definition) is 5. The molecule has 1 saturated heterocycles. The number of nitrogens with zero attached hydrogens (tertiary/aromatic N) is 2. The Bertz CT molecular complexity index is 348. The van der Waals surface area contributed by atoms with Crippen LogP contribution in [-0.2, 0) is 6.54 Å². The minimum atomic E-state index is -0.0625. The van der Waals surface area contributed by atoms with Gasteiger partial charge in [-0.1, -0.05) is 0 Å². The van der Waals surface area contributed by atoms with Gasteiger partial charge in [-0.2, -0.15) is 0 Å². The maximum absolute atomic E-state index is 9.42. The van der Waals surface area contributed by atoms with E-state index < -0.39 is 0 Å². The van der Waals surface area contributed by atoms with Crippen molar-refractivity contribution >= 4 is 11.3 Å². The molecule has 4 nitrogen and oxygen atoms in total. The summed E-state index contributed by atoms with van der Waals surface area (Å²) >= 11 is 1.72. The standard InChI is InChI=1S/C13H23N3OS/c1-11-10-18-13(15-11)9-14-5-2-6-16-7-3-12(17)4-8-16/h10,12,14,17H,2-9H2,1H3. The van der Waals surface area contributed by atoms with Crippen LogP contribution in [0.1, 0.15) is 30.0 Å². The first-order chi connectivity index (χ1) is 8.74. The van der Waals surface area contributed by atoms with Crippen molar-refractivity contribution in [2.24, 2.45) is 0 Å². The average molecular weight is 269 g/mol. The Labute approximate surface area is 113 Å². The predicted molar refractivity (Wildman–Crippen MR) is 74.9 cm³/mol. The Morgan fingerprint density at radius 1 is 1.50 bits per heavy atom. The van der Waals surface area contributed by atoms with E-state index in [1.807, 2.05) is 6.92 Å². The fourth-order valence-electron chi connectivity index (χ4n) is 2.25. The molecule has 1 aromatic heterocycles. The number of piperidine rings is 1. The highest BCUT2D eigenvalue weighted by Gasteiger charge is 2.15. The number of aromatic nitrogens is 1. The molecule has 0 unspecified atom stereocenters. The second-order valence-corrected chi connectivity index (χ2v) is 5.93. The van der Waals surface area contributed by atoms with Gasteiger partial charge in [-0.3, -0.25) is 0 Å². The Morgan fingerprint density at radius 3 is 2.94 bits per heavy atom. The van der Waals surface area contributed by atoms with Crippen LogP contribution in [0.25, 0.3) is 0 Å². The first kappa shape index (κ1) is 13.9. The van der Waals surface area contributed by atoms with Crippen LogP contribution in [0.3, 0.4) is 0 Å². The van der Waals surface area contributed by atoms with Crippen LogP contribution in [-0.4, -0.2) is 47.3 Å². The second-order valence-electron chi connectivity index (χ2n) is 4.99. The first-order valence-corrected chi connectivity index (χ1v) is 7.64. The van der Waals surface area contributed by atoms with Gasteiger partial charge in [-0.15, -0.1) is 11.3 Å². The van der Waals surface area contributed by atoms with Crippen LogP contribution < -0.4 is 5.32 Å². The molecule has 0 saturated carbocycles. The Morgan fingerprint density at radius 2 is 2.28 bits per heavy atom. The van der Waals surface area contributed by atoms with Gasteiger partial charge in [-0.25, -0.2) is 4.98 Å². The average Bonchev–Trinajstić information content (AvgIpc) is 2.77. The van der Waals surface area contributed by atoms with Gasteiger partial charge in [-0.05, 0) is 39.3 Å². The summed E-state index contributed by atoms with van der Waals surface area (Å²) in [5, 5.41) is 16.1. The third-order valence-corrected chi connectivity index (χ3v) is 4.29. The van der Waals surface area contributed by atoms with Gasteiger partial charge in [0.25, 0.3) is 0 Å². The zero-order valence-electron chi connectivity index (χ0n) is 11.1. The summed E-state index contributed by atoms with van der Waals surface area (Å²) in [6.07, 6.45) is 2.98. The lowest BCUT2D eigenvalue weighted by atomic mass is 10.1. The minimum Gasteiger partial charge on any atom is -0.393 e. The highest BCUT2D eigenvalue weighted by atomic mass is 32.1. The molecule has 2 N–H and O–H groups in total. The molecule has 0 radical (unpaired) electrons. The summed E-state index contributed by atoms with van der Waals surface area (Å²) in [5.41, 5.74) is 1.11. The van der Waals surface area contributed by atoms with Gasteiger partial charge in [0.05, 0.1) is 6.10 Å². The predicted octanol–water partition coefficient (Wildman–Crippen LogP) is 1.39. The SMILES string of the molecule is Cc1csc(CNCCCN2CCC(O)CC2)n1. The summed E-state index contributed by atoms with van der Waals surface area (Å²) in [6, 6.07) is 0. The number of aryl methyl sites for hydroxylation is 1. The van der Waals surface area contributed by atoms with Gasteiger partial charge in [0, 0.05) is 30.7 Å². The molecule has 2 rings (SSSR count). The Kier molecular flexibility index (Phi) is 5.56. The Balaban J connectivity index is 1.51. The second kappa shape index (κ2) is 7.19. The summed E-state index contributed by atoms with van der Waals surface area (Å²) in [7, 11) is 0. The van der Waals surface area contributed by atoms with Crippen LogP contribution in [0.5, 0.6) is 0 Å². The molecule has 1 fully saturated rings. The fraction of sp³-hybridized carbons (Fsp3) is 0.769. The molecule has 0 atom stereocenters. The maximum atomic E-state index is 9.42. The summed E-state index contributed by atoms with van der Waals surface area (Å²) in [6.45, 7) is 7.19. The molecule has 18 heavy (non-hydrogen) atoms. The molecule has 5 heteroatoms. The van der Waals surface area contributed by atoms with Crippen LogP contribution in [0.2, 0.25) is 0 Å². The normalized spacial score (nSPS) is 18.3. The van der Waals surface area contributed by atoms with Crippen molar-refractivity contribution in [3.8, 4) is 0 Å². The topological polar surface area (TPSA) is 48.4 Å². The van der Waals surface area contributed by atoms with E-state index in [0.717, 1.165) is 51.3 Å². The number of nitrogens with one attached hydrogen (secondary N) is 1. The lowest BCUT2D eigenvalue weighted by Gasteiger charge is -2.29. The van der Waals surface area contributed by atoms with Gasteiger partial charge >= 0.3 is 0 Å². The molecule has 1 aliphatic heterocycles. The van der Waals surface area contributed by atoms with Crippen molar-refractivity contribution in [1.82, 2.24) is 15.2 Å². The molecule has 1 aliphatic rings. The quantitative estimate of drug-likeness (QED) is 0.766. The maximum Gasteiger partial charge on any atom is 0.107 e. The molecular formula is C13H23N3OS. The van der Waals surface area contributed by atoms with Crippen molar-refractivity contribution in [3.05, 3.63) is 16.1 Å². The third kappa shape index (κ3) is 4.65. The summed E-state index contributed by atoms with van der Waals surface area (Å²) in [5.74, 6) is 0. The first-order valence-electron chi connectivity index (χ1n) is 6.76. The zero-order valence-corrected chi connectivity index (χ0v) is 11.9. The van der Waals surface area contributed by atoms with E-state index in [1.165, 1.54) is 11.4 Å². The smallest absolute Gasteiger partial charge is 0.107 e. The fourth-order valence-corrected chi connectivity index (χ4v) is 2.99. The number of aliphatic hydroxyl groups excluding tert-OH is 1. The number of hydrogen-bond donors (Lipinski definition) is 2. The Hall–Kier alpha value is -0.490. The van der Waals surface area contributed by atoms with Gasteiger partial charge in [0.15, 0.2) is 0 Å². The molecule has 0 bridgehead atoms. The van der Waals surface area contributed by atoms with Crippen molar-refractivity contribution < 1.29 is 5.11 Å². The third-order valence-electron chi connectivity index (χ3n) is 3.33. The molecule has 0 aromatic carbocycles. The van der Waals surface area contributed by atoms with E-state index in [2.05, 4.69) is 20.6 Å². The molecule has 102 valence electrons. The van der Waals surface area contributed by atoms with Gasteiger partial charge < -0.3 is 15.3 Å². The van der Waals surface area contributed by atoms with Crippen LogP contribution in [0.15, 0.2) is 5.38 Å². The molecule has 0 aliphatic carbocycles. The summed E-state index contributed by atoms with van der Waals surface area (Å²) in [4.78, 5) is 6.87. The lowest BCUT2D eigenvalue weighted by molar-refractivity contribution is 0.0821. The van der Waals surface area contributed by atoms with E-state index in [9.17, 15) is 5.11 Å². The van der Waals surface area contributed by atoms with Crippen molar-refractivity contribution in [2.45, 2.75) is 38.8 Å². The number of rotatable bonds is 6. The van der Waals surface area contributed by atoms with Crippen molar-refractivity contribution in [1.29, 1.82) is 0 Å². The zero-order chi connectivity index (χ0) is 12.8. The highest BCUT2D eigenvalue weighted by molar-refractivity contribution is 7.09. The van der Waals surface area contributed by atoms with Crippen LogP contribution in [0.4, 0.5) is 0 Å². The monoisotopic (exact) mass is 269 g/mol. The highest BCUT2D eigenvalue weighted by Crippen LogP contribution is 2.10. The van der Waals surface area contributed by atoms with Crippen LogP contribution >= 0.6 is 11.3 Å². The van der Waals surface area contributed by atoms with E-state index in [0.29, 0.717) is 0 Å². The van der Waals surface area contributed by atoms with Crippen molar-refractivity contribution in [2.75, 3.05) is 26.2 Å². The summed E-state index contributed by atoms with van der Waals surface area (Å²) < 4.78 is 0. The molecule has 0 amide bonds. The van der Waals surface area contributed by atoms with E-state index >= 15 is 0 Å². The molecule has 2 heterocycles. The van der Waals surface area contributed by atoms with Gasteiger partial charge in [0.2, 0.25) is 0 Å². The largest absolute Gasteiger partial charge is 0.393 e. The van der Waals surface area contributed by atoms with Gasteiger partial charge in [0.1, 0.15) is 5.01 Å². The number of aliphatic hydroxyl groups is 1. The van der Waals surface area contributed by atoms with E-state index in [1.54, 1.807) is 11.3 Å². The minimum absolute atomic E-state index is 0.0625. The molecular weight excluding hydrogens is 246 g/mol. The van der Waals surface area contributed by atoms with Crippen molar-refractivity contribution in [3.63, 3.8) is 0 Å². The van der Waals surface area contributed by atoms with Crippen LogP contribution in [0, 0.1) is 6.92 Å². The number of thiazole rings is 1. The molecule has 0 spiro atoms. The van der Waals surface area contributed by atoms with E-state index in [-0.39, 0.29) is 6.10 Å².